The minimum Gasteiger partial charge on any atom is -0.476 e. The van der Waals surface area contributed by atoms with E-state index in [1.807, 2.05) is 109 Å². The molecule has 0 aliphatic rings. The van der Waals surface area contributed by atoms with Crippen LogP contribution in [0.2, 0.25) is 0 Å². The largest absolute Gasteiger partial charge is 0.476 e. The van der Waals surface area contributed by atoms with Gasteiger partial charge >= 0.3 is 17.8 Å². The third-order valence-corrected chi connectivity index (χ3v) is 12.0. The molecule has 6 rings (SSSR count). The average Bonchev–Trinajstić information content (AvgIpc) is 3.92. The Labute approximate surface area is 453 Å². The maximum atomic E-state index is 12.5. The molecule has 6 aromatic rings. The molecule has 4 aromatic carbocycles. The first-order valence-electron chi connectivity index (χ1n) is 27.1. The Bertz CT molecular complexity index is 2690. The minimum atomic E-state index is -1.07. The highest BCUT2D eigenvalue weighted by molar-refractivity contribution is 5.80. The topological polar surface area (TPSA) is 153 Å². The molecular weight excluding hydrogens is 957 g/mol. The van der Waals surface area contributed by atoms with Crippen LogP contribution in [0.4, 0.5) is 0 Å². The van der Waals surface area contributed by atoms with Crippen molar-refractivity contribution in [2.75, 3.05) is 26.4 Å². The van der Waals surface area contributed by atoms with Crippen molar-refractivity contribution in [1.82, 2.24) is 24.8 Å². The zero-order valence-corrected chi connectivity index (χ0v) is 48.1. The maximum absolute atomic E-state index is 12.5. The Hall–Kier alpha value is -6.38. The van der Waals surface area contributed by atoms with Crippen LogP contribution in [0.15, 0.2) is 97.1 Å². The normalized spacial score (nSPS) is 12.0. The fourth-order valence-electron chi connectivity index (χ4n) is 7.96. The maximum Gasteiger partial charge on any atom is 0.350 e. The number of nitrogens with zero attached hydrogens (tertiary/aromatic N) is 5. The van der Waals surface area contributed by atoms with Crippen LogP contribution < -0.4 is 14.2 Å². The smallest absolute Gasteiger partial charge is 0.350 e. The Morgan fingerprint density at radius 1 is 0.553 bits per heavy atom. The van der Waals surface area contributed by atoms with E-state index in [4.69, 9.17) is 43.5 Å². The van der Waals surface area contributed by atoms with Gasteiger partial charge in [-0.05, 0) is 174 Å². The van der Waals surface area contributed by atoms with Gasteiger partial charge < -0.3 is 28.4 Å². The molecular formula is C62H87N6O8+. The zero-order chi connectivity index (χ0) is 55.5. The highest BCUT2D eigenvalue weighted by Gasteiger charge is 2.36. The van der Waals surface area contributed by atoms with E-state index in [1.54, 1.807) is 27.7 Å². The van der Waals surface area contributed by atoms with Gasteiger partial charge in [-0.25, -0.2) is 19.3 Å². The molecule has 2 heterocycles. The first-order chi connectivity index (χ1) is 35.9. The van der Waals surface area contributed by atoms with Gasteiger partial charge in [0.25, 0.3) is 5.82 Å². The van der Waals surface area contributed by atoms with Gasteiger partial charge in [0.2, 0.25) is 0 Å². The molecule has 0 aliphatic carbocycles. The second kappa shape index (κ2) is 28.1. The van der Waals surface area contributed by atoms with Gasteiger partial charge in [0, 0.05) is 32.5 Å². The van der Waals surface area contributed by atoms with Gasteiger partial charge in [0.1, 0.15) is 35.1 Å². The standard InChI is InChI=1S/2C31H43N3O4/c1-8-36-21-20-34-28(32-27(33-34)22-25-14-12-23(2)13-15-25)11-9-10-24-16-18-26(19-17-24)37-31(6,7)29(35)38-30(3,4)5;1-8-36-21-20-34-28(22-25-14-12-23(2)13-15-25)32-27(33-34)11-9-10-24-16-18-26(19-17-24)37-31(6,7)29(35)38-30(3,4)5/h2*12-19H,8-11,20-22H2,1-7H3/p+1. The number of aromatic nitrogens is 6. The third kappa shape index (κ3) is 21.0. The predicted molar refractivity (Wildman–Crippen MR) is 298 cm³/mol. The lowest BCUT2D eigenvalue weighted by Crippen LogP contribution is -2.43. The first kappa shape index (κ1) is 60.5. The molecule has 0 fully saturated rings. The van der Waals surface area contributed by atoms with Crippen molar-refractivity contribution in [2.24, 2.45) is 0 Å². The third-order valence-electron chi connectivity index (χ3n) is 12.0. The molecule has 412 valence electrons. The van der Waals surface area contributed by atoms with E-state index in [0.29, 0.717) is 44.5 Å². The van der Waals surface area contributed by atoms with Crippen LogP contribution in [0.25, 0.3) is 0 Å². The van der Waals surface area contributed by atoms with E-state index in [-0.39, 0.29) is 11.9 Å². The number of nitrogens with one attached hydrogen (secondary N) is 1. The van der Waals surface area contributed by atoms with Gasteiger partial charge in [0.05, 0.1) is 26.2 Å². The molecule has 2 aromatic heterocycles. The summed E-state index contributed by atoms with van der Waals surface area (Å²) in [5.41, 5.74) is 4.12. The summed E-state index contributed by atoms with van der Waals surface area (Å²) in [6.45, 7) is 30.3. The average molecular weight is 1040 g/mol. The summed E-state index contributed by atoms with van der Waals surface area (Å²) in [6, 6.07) is 33.0. The minimum absolute atomic E-state index is 0.382. The SMILES string of the molecule is CCOCC[n+]1[nH]c(CCCc2ccc(OC(C)(C)C(=O)OC(C)(C)C)cc2)nc1Cc1ccc(C)cc1.CCOCCn1nc(Cc2ccc(C)cc2)nc1CCCc1ccc(OC(C)(C)C(=O)OC(C)(C)C)cc1. The molecule has 0 amide bonds. The van der Waals surface area contributed by atoms with E-state index in [1.165, 1.54) is 33.4 Å². The van der Waals surface area contributed by atoms with E-state index in [2.05, 4.69) is 72.2 Å². The monoisotopic (exact) mass is 1040 g/mol. The molecule has 0 bridgehead atoms. The van der Waals surface area contributed by atoms with Crippen molar-refractivity contribution in [3.8, 4) is 11.5 Å². The van der Waals surface area contributed by atoms with Crippen molar-refractivity contribution in [1.29, 1.82) is 0 Å². The number of esters is 2. The van der Waals surface area contributed by atoms with Crippen molar-refractivity contribution < 1.29 is 42.7 Å². The van der Waals surface area contributed by atoms with E-state index >= 15 is 0 Å². The van der Waals surface area contributed by atoms with Gasteiger partial charge in [-0.1, -0.05) is 83.9 Å². The van der Waals surface area contributed by atoms with E-state index in [9.17, 15) is 9.59 Å². The number of benzene rings is 4. The second-order valence-corrected chi connectivity index (χ2v) is 22.3. The summed E-state index contributed by atoms with van der Waals surface area (Å²) in [4.78, 5) is 34.8. The van der Waals surface area contributed by atoms with Crippen LogP contribution in [0.1, 0.15) is 153 Å². The Kier molecular flexibility index (Phi) is 22.4. The number of hydrogen-bond donors (Lipinski definition) is 1. The van der Waals surface area contributed by atoms with Crippen molar-refractivity contribution in [3.05, 3.63) is 154 Å². The van der Waals surface area contributed by atoms with Gasteiger partial charge in [-0.2, -0.15) is 14.9 Å². The summed E-state index contributed by atoms with van der Waals surface area (Å²) in [5, 5.41) is 8.26. The van der Waals surface area contributed by atoms with Gasteiger partial charge in [-0.3, -0.25) is 0 Å². The highest BCUT2D eigenvalue weighted by Crippen LogP contribution is 2.25. The van der Waals surface area contributed by atoms with Crippen LogP contribution in [0.3, 0.4) is 0 Å². The van der Waals surface area contributed by atoms with Crippen LogP contribution in [-0.2, 0) is 80.2 Å². The van der Waals surface area contributed by atoms with Crippen LogP contribution in [0, 0.1) is 13.8 Å². The number of ether oxygens (including phenoxy) is 6. The lowest BCUT2D eigenvalue weighted by molar-refractivity contribution is -0.758. The summed E-state index contributed by atoms with van der Waals surface area (Å²) >= 11 is 0. The molecule has 14 heteroatoms. The van der Waals surface area contributed by atoms with E-state index < -0.39 is 22.4 Å². The molecule has 0 saturated heterocycles. The second-order valence-electron chi connectivity index (χ2n) is 22.3. The van der Waals surface area contributed by atoms with Crippen LogP contribution >= 0.6 is 0 Å². The summed E-state index contributed by atoms with van der Waals surface area (Å²) in [7, 11) is 0. The molecule has 76 heavy (non-hydrogen) atoms. The molecule has 0 saturated carbocycles. The number of hydrogen-bond acceptors (Lipinski definition) is 11. The van der Waals surface area contributed by atoms with Crippen molar-refractivity contribution in [3.63, 3.8) is 0 Å². The Balaban J connectivity index is 0.000000281. The Morgan fingerprint density at radius 2 is 1.00 bits per heavy atom. The predicted octanol–water partition coefficient (Wildman–Crippen LogP) is 11.2. The fraction of sp³-hybridized carbons (Fsp3) is 0.516. The van der Waals surface area contributed by atoms with Crippen molar-refractivity contribution >= 4 is 11.9 Å². The summed E-state index contributed by atoms with van der Waals surface area (Å²) in [6.07, 6.45) is 6.92. The van der Waals surface area contributed by atoms with Crippen molar-refractivity contribution in [2.45, 2.75) is 184 Å². The quantitative estimate of drug-likeness (QED) is 0.0314. The molecule has 0 aliphatic heterocycles. The van der Waals surface area contributed by atoms with E-state index in [0.717, 1.165) is 81.2 Å². The lowest BCUT2D eigenvalue weighted by Gasteiger charge is -2.29. The van der Waals surface area contributed by atoms with Crippen LogP contribution in [0.5, 0.6) is 11.5 Å². The first-order valence-corrected chi connectivity index (χ1v) is 27.1. The van der Waals surface area contributed by atoms with Crippen LogP contribution in [-0.4, -0.2) is 85.6 Å². The molecule has 14 nitrogen and oxygen atoms in total. The number of carbonyl (C=O) groups is 2. The summed E-state index contributed by atoms with van der Waals surface area (Å²) in [5.74, 6) is 4.37. The van der Waals surface area contributed by atoms with Gasteiger partial charge in [0.15, 0.2) is 17.0 Å². The molecule has 1 N–H and O–H groups in total. The number of H-pyrrole nitrogens is 1. The number of aromatic amines is 1. The molecule has 0 unspecified atom stereocenters. The number of carbonyl (C=O) groups excluding carboxylic acids is 2. The number of aryl methyl sites for hydroxylation is 6. The van der Waals surface area contributed by atoms with Gasteiger partial charge in [-0.15, -0.1) is 0 Å². The lowest BCUT2D eigenvalue weighted by atomic mass is 10.1. The summed E-state index contributed by atoms with van der Waals surface area (Å²) < 4.78 is 38.1. The molecule has 0 radical (unpaired) electrons. The highest BCUT2D eigenvalue weighted by atomic mass is 16.6. The number of rotatable bonds is 26. The zero-order valence-electron chi connectivity index (χ0n) is 48.1. The molecule has 0 spiro atoms. The fourth-order valence-corrected chi connectivity index (χ4v) is 7.96. The Morgan fingerprint density at radius 3 is 1.47 bits per heavy atom. The molecule has 0 atom stereocenters.